The summed E-state index contributed by atoms with van der Waals surface area (Å²) in [7, 11) is 0. The number of nitrogens with two attached hydrogens (primary N) is 1. The van der Waals surface area contributed by atoms with Gasteiger partial charge in [-0.1, -0.05) is 0 Å². The number of piperazine rings is 1. The highest BCUT2D eigenvalue weighted by atomic mass is 16.5. The number of nitrogens with zero attached hydrogens (tertiary/aromatic N) is 2. The van der Waals surface area contributed by atoms with E-state index in [1.165, 1.54) is 0 Å². The van der Waals surface area contributed by atoms with Crippen LogP contribution >= 0.6 is 0 Å². The van der Waals surface area contributed by atoms with Crippen molar-refractivity contribution < 1.29 is 14.3 Å². The van der Waals surface area contributed by atoms with Crippen molar-refractivity contribution >= 4 is 11.8 Å². The van der Waals surface area contributed by atoms with Gasteiger partial charge in [0, 0.05) is 32.7 Å². The number of rotatable bonds is 7. The number of carbonyl (C=O) groups is 2. The van der Waals surface area contributed by atoms with Crippen LogP contribution < -0.4 is 11.1 Å². The zero-order chi connectivity index (χ0) is 15.0. The van der Waals surface area contributed by atoms with Crippen LogP contribution in [0.1, 0.15) is 13.8 Å². The lowest BCUT2D eigenvalue weighted by Crippen LogP contribution is -2.52. The maximum atomic E-state index is 11.9. The Morgan fingerprint density at radius 1 is 1.25 bits per heavy atom. The second kappa shape index (κ2) is 8.89. The Morgan fingerprint density at radius 2 is 1.90 bits per heavy atom. The van der Waals surface area contributed by atoms with Crippen molar-refractivity contribution in [2.24, 2.45) is 5.73 Å². The first kappa shape index (κ1) is 16.9. The minimum atomic E-state index is -0.303. The van der Waals surface area contributed by atoms with Crippen molar-refractivity contribution in [3.8, 4) is 0 Å². The van der Waals surface area contributed by atoms with Crippen molar-refractivity contribution in [2.45, 2.75) is 20.0 Å². The monoisotopic (exact) mass is 286 g/mol. The Morgan fingerprint density at radius 3 is 2.45 bits per heavy atom. The summed E-state index contributed by atoms with van der Waals surface area (Å²) in [6.07, 6.45) is 0.254. The van der Waals surface area contributed by atoms with E-state index in [4.69, 9.17) is 10.5 Å². The molecule has 1 saturated heterocycles. The summed E-state index contributed by atoms with van der Waals surface area (Å²) < 4.78 is 5.51. The largest absolute Gasteiger partial charge is 0.377 e. The number of ether oxygens (including phenoxy) is 1. The van der Waals surface area contributed by atoms with E-state index in [1.807, 2.05) is 13.8 Å². The number of hydrogen-bond acceptors (Lipinski definition) is 5. The molecule has 116 valence electrons. The van der Waals surface area contributed by atoms with Crippen molar-refractivity contribution in [2.75, 3.05) is 52.4 Å². The summed E-state index contributed by atoms with van der Waals surface area (Å²) in [5.74, 6) is -0.354. The second-order valence-electron chi connectivity index (χ2n) is 5.12. The molecule has 0 atom stereocenters. The van der Waals surface area contributed by atoms with Gasteiger partial charge in [-0.25, -0.2) is 0 Å². The normalized spacial score (nSPS) is 16.5. The van der Waals surface area contributed by atoms with Crippen molar-refractivity contribution in [3.63, 3.8) is 0 Å². The molecule has 20 heavy (non-hydrogen) atoms. The molecule has 0 unspecified atom stereocenters. The smallest absolute Gasteiger partial charge is 0.242 e. The predicted molar refractivity (Wildman–Crippen MR) is 76.2 cm³/mol. The van der Waals surface area contributed by atoms with Crippen molar-refractivity contribution in [3.05, 3.63) is 0 Å². The minimum Gasteiger partial charge on any atom is -0.377 e. The average molecular weight is 286 g/mol. The van der Waals surface area contributed by atoms with Gasteiger partial charge in [-0.15, -0.1) is 0 Å². The van der Waals surface area contributed by atoms with E-state index in [1.54, 1.807) is 4.90 Å². The quantitative estimate of drug-likeness (QED) is 0.603. The molecular formula is C13H26N4O3. The third-order valence-corrected chi connectivity index (χ3v) is 3.21. The zero-order valence-corrected chi connectivity index (χ0v) is 12.4. The molecular weight excluding hydrogens is 260 g/mol. The predicted octanol–water partition coefficient (Wildman–Crippen LogP) is -1.37. The molecule has 3 N–H and O–H groups in total. The summed E-state index contributed by atoms with van der Waals surface area (Å²) in [6.45, 7) is 8.68. The van der Waals surface area contributed by atoms with Gasteiger partial charge in [0.2, 0.25) is 11.8 Å². The van der Waals surface area contributed by atoms with Crippen LogP contribution in [0.2, 0.25) is 0 Å². The van der Waals surface area contributed by atoms with Crippen LogP contribution in [0.25, 0.3) is 0 Å². The van der Waals surface area contributed by atoms with Gasteiger partial charge in [0.25, 0.3) is 0 Å². The fourth-order valence-corrected chi connectivity index (χ4v) is 2.00. The second-order valence-corrected chi connectivity index (χ2v) is 5.12. The topological polar surface area (TPSA) is 87.9 Å². The summed E-state index contributed by atoms with van der Waals surface area (Å²) in [4.78, 5) is 26.9. The van der Waals surface area contributed by atoms with Gasteiger partial charge in [0.05, 0.1) is 25.8 Å². The molecule has 0 spiro atoms. The lowest BCUT2D eigenvalue weighted by molar-refractivity contribution is -0.134. The van der Waals surface area contributed by atoms with Crippen molar-refractivity contribution in [1.82, 2.24) is 15.1 Å². The Labute approximate surface area is 120 Å². The first-order chi connectivity index (χ1) is 9.52. The molecule has 1 heterocycles. The number of carbonyl (C=O) groups excluding carboxylic acids is 2. The number of nitrogens with one attached hydrogen (secondary N) is 1. The molecule has 1 fully saturated rings. The van der Waals surface area contributed by atoms with Gasteiger partial charge in [0.15, 0.2) is 0 Å². The molecule has 1 aliphatic rings. The van der Waals surface area contributed by atoms with Gasteiger partial charge < -0.3 is 20.7 Å². The maximum absolute atomic E-state index is 11.9. The Hall–Kier alpha value is -1.18. The summed E-state index contributed by atoms with van der Waals surface area (Å²) in [6, 6.07) is 0. The Bertz CT molecular complexity index is 315. The molecule has 7 nitrogen and oxygen atoms in total. The van der Waals surface area contributed by atoms with Crippen LogP contribution in [0.5, 0.6) is 0 Å². The van der Waals surface area contributed by atoms with Crippen LogP contribution in [-0.4, -0.2) is 80.1 Å². The molecule has 7 heteroatoms. The van der Waals surface area contributed by atoms with Gasteiger partial charge in [-0.3, -0.25) is 14.5 Å². The molecule has 0 aromatic heterocycles. The van der Waals surface area contributed by atoms with E-state index in [2.05, 4.69) is 10.2 Å². The standard InChI is InChI=1S/C13H26N4O3/c1-11(2)20-8-7-16-3-5-17(6-4-16)13(19)10-15-12(18)9-14/h11H,3-10,14H2,1-2H3,(H,15,18). The highest BCUT2D eigenvalue weighted by molar-refractivity contribution is 5.85. The lowest BCUT2D eigenvalue weighted by Gasteiger charge is -2.34. The van der Waals surface area contributed by atoms with E-state index in [9.17, 15) is 9.59 Å². The SMILES string of the molecule is CC(C)OCCN1CCN(C(=O)CNC(=O)CN)CC1. The number of amides is 2. The Balaban J connectivity index is 2.17. The van der Waals surface area contributed by atoms with Gasteiger partial charge >= 0.3 is 0 Å². The van der Waals surface area contributed by atoms with Crippen molar-refractivity contribution in [1.29, 1.82) is 0 Å². The van der Waals surface area contributed by atoms with Crippen LogP contribution in [-0.2, 0) is 14.3 Å². The molecule has 2 amide bonds. The van der Waals surface area contributed by atoms with Crippen LogP contribution in [0, 0.1) is 0 Å². The molecule has 0 aromatic rings. The summed E-state index contributed by atoms with van der Waals surface area (Å²) in [5.41, 5.74) is 5.17. The molecule has 0 saturated carbocycles. The highest BCUT2D eigenvalue weighted by Crippen LogP contribution is 2.02. The highest BCUT2D eigenvalue weighted by Gasteiger charge is 2.20. The van der Waals surface area contributed by atoms with Crippen LogP contribution in [0.3, 0.4) is 0 Å². The Kier molecular flexibility index (Phi) is 7.50. The van der Waals surface area contributed by atoms with Gasteiger partial charge in [0.1, 0.15) is 0 Å². The summed E-state index contributed by atoms with van der Waals surface area (Å²) >= 11 is 0. The molecule has 1 aliphatic heterocycles. The van der Waals surface area contributed by atoms with E-state index in [0.29, 0.717) is 13.1 Å². The van der Waals surface area contributed by atoms with E-state index in [-0.39, 0.29) is 31.0 Å². The van der Waals surface area contributed by atoms with Gasteiger partial charge in [-0.05, 0) is 13.8 Å². The third kappa shape index (κ3) is 6.31. The fraction of sp³-hybridized carbons (Fsp3) is 0.846. The summed E-state index contributed by atoms with van der Waals surface area (Å²) in [5, 5.41) is 2.50. The molecule has 0 aliphatic carbocycles. The van der Waals surface area contributed by atoms with E-state index < -0.39 is 0 Å². The first-order valence-corrected chi connectivity index (χ1v) is 7.11. The van der Waals surface area contributed by atoms with Crippen LogP contribution in [0.4, 0.5) is 0 Å². The average Bonchev–Trinajstić information content (AvgIpc) is 2.44. The first-order valence-electron chi connectivity index (χ1n) is 7.11. The van der Waals surface area contributed by atoms with Crippen LogP contribution in [0.15, 0.2) is 0 Å². The lowest BCUT2D eigenvalue weighted by atomic mass is 10.3. The number of hydrogen-bond donors (Lipinski definition) is 2. The minimum absolute atomic E-state index is 0.0342. The maximum Gasteiger partial charge on any atom is 0.242 e. The fourth-order valence-electron chi connectivity index (χ4n) is 2.00. The third-order valence-electron chi connectivity index (χ3n) is 3.21. The molecule has 0 radical (unpaired) electrons. The molecule has 0 aromatic carbocycles. The van der Waals surface area contributed by atoms with Gasteiger partial charge in [-0.2, -0.15) is 0 Å². The molecule has 1 rings (SSSR count). The zero-order valence-electron chi connectivity index (χ0n) is 12.4. The van der Waals surface area contributed by atoms with E-state index in [0.717, 1.165) is 26.2 Å². The van der Waals surface area contributed by atoms with E-state index >= 15 is 0 Å². The molecule has 0 bridgehead atoms.